The second kappa shape index (κ2) is 6.74. The van der Waals surface area contributed by atoms with Crippen LogP contribution in [0, 0.1) is 0 Å². The Balaban J connectivity index is 1.70. The number of hydrogen-bond donors (Lipinski definition) is 1. The highest BCUT2D eigenvalue weighted by Crippen LogP contribution is 2.34. The zero-order valence-corrected chi connectivity index (χ0v) is 15.3. The van der Waals surface area contributed by atoms with E-state index in [4.69, 9.17) is 0 Å². The van der Waals surface area contributed by atoms with Gasteiger partial charge in [0.15, 0.2) is 0 Å². The number of benzene rings is 2. The zero-order chi connectivity index (χ0) is 17.2. The molecular formula is C19H12BrN3OS. The molecule has 4 nitrogen and oxygen atoms in total. The summed E-state index contributed by atoms with van der Waals surface area (Å²) in [5.41, 5.74) is 3.08. The molecule has 0 aliphatic heterocycles. The molecule has 4 aromatic rings. The smallest absolute Gasteiger partial charge is 0.257 e. The predicted octanol–water partition coefficient (Wildman–Crippen LogP) is 5.37. The first-order valence-corrected chi connectivity index (χ1v) is 9.18. The third kappa shape index (κ3) is 3.31. The van der Waals surface area contributed by atoms with Gasteiger partial charge >= 0.3 is 0 Å². The number of para-hydroxylation sites is 2. The molecule has 6 heteroatoms. The lowest BCUT2D eigenvalue weighted by Gasteiger charge is -2.09. The van der Waals surface area contributed by atoms with E-state index in [-0.39, 0.29) is 5.91 Å². The van der Waals surface area contributed by atoms with Crippen LogP contribution in [0.2, 0.25) is 0 Å². The fraction of sp³-hybridized carbons (Fsp3) is 0. The SMILES string of the molecule is O=C(Nc1ccccc1-c1nc2ccccc2s1)c1cncc(Br)c1. The summed E-state index contributed by atoms with van der Waals surface area (Å²) in [4.78, 5) is 21.3. The maximum atomic E-state index is 12.5. The highest BCUT2D eigenvalue weighted by Gasteiger charge is 2.13. The molecule has 25 heavy (non-hydrogen) atoms. The maximum Gasteiger partial charge on any atom is 0.257 e. The Hall–Kier alpha value is -2.57. The van der Waals surface area contributed by atoms with Crippen molar-refractivity contribution in [1.29, 1.82) is 0 Å². The minimum atomic E-state index is -0.206. The van der Waals surface area contributed by atoms with E-state index in [1.54, 1.807) is 29.8 Å². The molecule has 2 heterocycles. The number of carbonyl (C=O) groups is 1. The van der Waals surface area contributed by atoms with E-state index >= 15 is 0 Å². The molecular weight excluding hydrogens is 398 g/mol. The molecule has 0 spiro atoms. The van der Waals surface area contributed by atoms with Crippen LogP contribution in [0.4, 0.5) is 5.69 Å². The van der Waals surface area contributed by atoms with E-state index in [0.717, 1.165) is 30.9 Å². The fourth-order valence-electron chi connectivity index (χ4n) is 2.50. The normalized spacial score (nSPS) is 10.8. The third-order valence-corrected chi connectivity index (χ3v) is 5.17. The van der Waals surface area contributed by atoms with Gasteiger partial charge in [-0.2, -0.15) is 0 Å². The quantitative estimate of drug-likeness (QED) is 0.494. The van der Waals surface area contributed by atoms with E-state index in [0.29, 0.717) is 5.56 Å². The van der Waals surface area contributed by atoms with Crippen molar-refractivity contribution in [2.24, 2.45) is 0 Å². The predicted molar refractivity (Wildman–Crippen MR) is 105 cm³/mol. The summed E-state index contributed by atoms with van der Waals surface area (Å²) in [6.07, 6.45) is 3.19. The zero-order valence-electron chi connectivity index (χ0n) is 12.9. The van der Waals surface area contributed by atoms with Crippen LogP contribution in [0.5, 0.6) is 0 Å². The summed E-state index contributed by atoms with van der Waals surface area (Å²) in [6, 6.07) is 17.4. The number of pyridine rings is 1. The number of fused-ring (bicyclic) bond motifs is 1. The minimum absolute atomic E-state index is 0.206. The number of anilines is 1. The van der Waals surface area contributed by atoms with Crippen LogP contribution in [0.15, 0.2) is 71.5 Å². The van der Waals surface area contributed by atoms with Gasteiger partial charge in [-0.25, -0.2) is 4.98 Å². The lowest BCUT2D eigenvalue weighted by Crippen LogP contribution is -2.12. The molecule has 0 aliphatic carbocycles. The first-order chi connectivity index (χ1) is 12.2. The number of thiazole rings is 1. The number of carbonyl (C=O) groups excluding carboxylic acids is 1. The molecule has 4 rings (SSSR count). The Labute approximate surface area is 156 Å². The molecule has 0 fully saturated rings. The topological polar surface area (TPSA) is 54.9 Å². The van der Waals surface area contributed by atoms with Crippen molar-refractivity contribution in [3.05, 3.63) is 77.0 Å². The fourth-order valence-corrected chi connectivity index (χ4v) is 3.87. The van der Waals surface area contributed by atoms with Crippen molar-refractivity contribution in [2.45, 2.75) is 0 Å². The molecule has 122 valence electrons. The largest absolute Gasteiger partial charge is 0.321 e. The van der Waals surface area contributed by atoms with Crippen molar-refractivity contribution in [3.63, 3.8) is 0 Å². The summed E-state index contributed by atoms with van der Waals surface area (Å²) in [5, 5.41) is 3.84. The number of nitrogens with one attached hydrogen (secondary N) is 1. The van der Waals surface area contributed by atoms with E-state index in [1.165, 1.54) is 0 Å². The van der Waals surface area contributed by atoms with Crippen molar-refractivity contribution in [1.82, 2.24) is 9.97 Å². The van der Waals surface area contributed by atoms with Crippen LogP contribution >= 0.6 is 27.3 Å². The molecule has 1 amide bonds. The van der Waals surface area contributed by atoms with Crippen LogP contribution in [0.25, 0.3) is 20.8 Å². The minimum Gasteiger partial charge on any atom is -0.321 e. The molecule has 0 bridgehead atoms. The Morgan fingerprint density at radius 2 is 1.84 bits per heavy atom. The van der Waals surface area contributed by atoms with Crippen LogP contribution < -0.4 is 5.32 Å². The molecule has 0 aliphatic rings. The second-order valence-corrected chi connectivity index (χ2v) is 7.32. The summed E-state index contributed by atoms with van der Waals surface area (Å²) in [6.45, 7) is 0. The van der Waals surface area contributed by atoms with E-state index in [1.807, 2.05) is 48.5 Å². The standard InChI is InChI=1S/C19H12BrN3OS/c20-13-9-12(10-21-11-13)18(24)22-15-6-2-1-5-14(15)19-23-16-7-3-4-8-17(16)25-19/h1-11H,(H,22,24). The lowest BCUT2D eigenvalue weighted by molar-refractivity contribution is 0.102. The van der Waals surface area contributed by atoms with Gasteiger partial charge in [-0.05, 0) is 46.3 Å². The van der Waals surface area contributed by atoms with Crippen LogP contribution in [0.1, 0.15) is 10.4 Å². The Morgan fingerprint density at radius 1 is 1.04 bits per heavy atom. The molecule has 0 saturated carbocycles. The van der Waals surface area contributed by atoms with E-state index in [2.05, 4.69) is 31.2 Å². The highest BCUT2D eigenvalue weighted by atomic mass is 79.9. The second-order valence-electron chi connectivity index (χ2n) is 5.38. The first-order valence-electron chi connectivity index (χ1n) is 7.57. The first kappa shape index (κ1) is 15.9. The number of nitrogens with zero attached hydrogens (tertiary/aromatic N) is 2. The molecule has 0 atom stereocenters. The Morgan fingerprint density at radius 3 is 2.68 bits per heavy atom. The molecule has 0 radical (unpaired) electrons. The summed E-state index contributed by atoms with van der Waals surface area (Å²) >= 11 is 4.94. The average Bonchev–Trinajstić information content (AvgIpc) is 3.06. The van der Waals surface area contributed by atoms with Crippen molar-refractivity contribution in [3.8, 4) is 10.6 Å². The monoisotopic (exact) mass is 409 g/mol. The third-order valence-electron chi connectivity index (χ3n) is 3.67. The number of rotatable bonds is 3. The number of amides is 1. The van der Waals surface area contributed by atoms with Crippen molar-refractivity contribution in [2.75, 3.05) is 5.32 Å². The van der Waals surface area contributed by atoms with Gasteiger partial charge in [0.05, 0.1) is 21.5 Å². The molecule has 2 aromatic carbocycles. The Kier molecular flexibility index (Phi) is 4.29. The van der Waals surface area contributed by atoms with Crippen molar-refractivity contribution >= 4 is 49.1 Å². The summed E-state index contributed by atoms with van der Waals surface area (Å²) in [5.74, 6) is -0.206. The van der Waals surface area contributed by atoms with Crippen LogP contribution in [0.3, 0.4) is 0 Å². The van der Waals surface area contributed by atoms with Gasteiger partial charge in [-0.15, -0.1) is 11.3 Å². The molecule has 2 aromatic heterocycles. The van der Waals surface area contributed by atoms with Crippen LogP contribution in [-0.4, -0.2) is 15.9 Å². The van der Waals surface area contributed by atoms with Crippen molar-refractivity contribution < 1.29 is 4.79 Å². The number of halogens is 1. The van der Waals surface area contributed by atoms with Gasteiger partial charge < -0.3 is 5.32 Å². The summed E-state index contributed by atoms with van der Waals surface area (Å²) in [7, 11) is 0. The van der Waals surface area contributed by atoms with Gasteiger partial charge in [0.1, 0.15) is 5.01 Å². The average molecular weight is 410 g/mol. The Bertz CT molecular complexity index is 1040. The lowest BCUT2D eigenvalue weighted by atomic mass is 10.1. The number of aromatic nitrogens is 2. The van der Waals surface area contributed by atoms with Gasteiger partial charge in [0.25, 0.3) is 5.91 Å². The molecule has 0 unspecified atom stereocenters. The number of hydrogen-bond acceptors (Lipinski definition) is 4. The van der Waals surface area contributed by atoms with E-state index in [9.17, 15) is 4.79 Å². The van der Waals surface area contributed by atoms with Gasteiger partial charge in [0, 0.05) is 22.4 Å². The van der Waals surface area contributed by atoms with Gasteiger partial charge in [-0.1, -0.05) is 24.3 Å². The van der Waals surface area contributed by atoms with Gasteiger partial charge in [-0.3, -0.25) is 9.78 Å². The van der Waals surface area contributed by atoms with Crippen LogP contribution in [-0.2, 0) is 0 Å². The van der Waals surface area contributed by atoms with E-state index < -0.39 is 0 Å². The summed E-state index contributed by atoms with van der Waals surface area (Å²) < 4.78 is 1.88. The maximum absolute atomic E-state index is 12.5. The molecule has 1 N–H and O–H groups in total. The molecule has 0 saturated heterocycles. The highest BCUT2D eigenvalue weighted by molar-refractivity contribution is 9.10. The van der Waals surface area contributed by atoms with Gasteiger partial charge in [0.2, 0.25) is 0 Å².